The molecule has 0 aromatic carbocycles. The van der Waals surface area contributed by atoms with Gasteiger partial charge in [-0.15, -0.1) is 24.0 Å². The predicted molar refractivity (Wildman–Crippen MR) is 113 cm³/mol. The van der Waals surface area contributed by atoms with Gasteiger partial charge in [-0.25, -0.2) is 4.98 Å². The van der Waals surface area contributed by atoms with E-state index in [9.17, 15) is 0 Å². The Kier molecular flexibility index (Phi) is 15.3. The predicted octanol–water partition coefficient (Wildman–Crippen LogP) is 2.53. The van der Waals surface area contributed by atoms with Crippen molar-refractivity contribution in [1.29, 1.82) is 0 Å². The maximum Gasteiger partial charge on any atom is 0.213 e. The highest BCUT2D eigenvalue weighted by Crippen LogP contribution is 2.07. The van der Waals surface area contributed by atoms with Crippen molar-refractivity contribution in [3.63, 3.8) is 0 Å². The second-order valence-electron chi connectivity index (χ2n) is 4.90. The minimum atomic E-state index is 0. The van der Waals surface area contributed by atoms with Crippen LogP contribution in [0.1, 0.15) is 18.4 Å². The van der Waals surface area contributed by atoms with Crippen LogP contribution in [0.25, 0.3) is 0 Å². The molecule has 0 aliphatic heterocycles. The number of pyridine rings is 1. The Bertz CT molecular complexity index is 446. The average molecular weight is 468 g/mol. The van der Waals surface area contributed by atoms with Crippen LogP contribution in [0.4, 0.5) is 0 Å². The molecule has 0 aliphatic carbocycles. The number of rotatable bonds is 11. The van der Waals surface area contributed by atoms with Gasteiger partial charge in [0.2, 0.25) is 5.88 Å². The molecule has 0 radical (unpaired) electrons. The van der Waals surface area contributed by atoms with E-state index in [1.807, 2.05) is 23.9 Å². The number of nitrogens with one attached hydrogen (secondary N) is 2. The van der Waals surface area contributed by atoms with Gasteiger partial charge in [-0.3, -0.25) is 4.99 Å². The Morgan fingerprint density at radius 3 is 2.71 bits per heavy atom. The summed E-state index contributed by atoms with van der Waals surface area (Å²) in [6.07, 6.45) is 6.31. The summed E-state index contributed by atoms with van der Waals surface area (Å²) in [5.41, 5.74) is 1.08. The number of halogens is 1. The molecule has 2 N–H and O–H groups in total. The number of nitrogens with zero attached hydrogens (tertiary/aromatic N) is 2. The average Bonchev–Trinajstić information content (AvgIpc) is 2.59. The Balaban J connectivity index is 0.00000529. The van der Waals surface area contributed by atoms with E-state index in [4.69, 9.17) is 9.47 Å². The van der Waals surface area contributed by atoms with Crippen molar-refractivity contribution < 1.29 is 9.47 Å². The van der Waals surface area contributed by atoms with Crippen LogP contribution in [-0.2, 0) is 11.3 Å². The molecule has 0 saturated carbocycles. The number of guanidine groups is 1. The number of methoxy groups -OCH3 is 1. The molecule has 24 heavy (non-hydrogen) atoms. The van der Waals surface area contributed by atoms with Gasteiger partial charge in [0, 0.05) is 39.5 Å². The molecule has 1 rings (SSSR count). The summed E-state index contributed by atoms with van der Waals surface area (Å²) in [7, 11) is 3.43. The van der Waals surface area contributed by atoms with Crippen molar-refractivity contribution in [2.45, 2.75) is 19.4 Å². The van der Waals surface area contributed by atoms with Crippen molar-refractivity contribution in [2.24, 2.45) is 4.99 Å². The lowest BCUT2D eigenvalue weighted by Crippen LogP contribution is -2.37. The fourth-order valence-corrected chi connectivity index (χ4v) is 2.31. The minimum Gasteiger partial charge on any atom is -0.475 e. The van der Waals surface area contributed by atoms with Gasteiger partial charge >= 0.3 is 0 Å². The lowest BCUT2D eigenvalue weighted by Gasteiger charge is -2.12. The molecule has 0 amide bonds. The van der Waals surface area contributed by atoms with Gasteiger partial charge in [0.15, 0.2) is 5.96 Å². The third-order valence-electron chi connectivity index (χ3n) is 3.09. The fraction of sp³-hybridized carbons (Fsp3) is 0.625. The molecule has 0 aliphatic rings. The number of thioether (sulfide) groups is 1. The molecule has 1 aromatic rings. The SMILES string of the molecule is CN=C(NCCCCSC)NCc1ccc(OCCOC)nc1.I. The van der Waals surface area contributed by atoms with Crippen LogP contribution in [0, 0.1) is 0 Å². The van der Waals surface area contributed by atoms with Crippen molar-refractivity contribution in [3.05, 3.63) is 23.9 Å². The summed E-state index contributed by atoms with van der Waals surface area (Å²) >= 11 is 1.88. The molecule has 1 heterocycles. The zero-order valence-electron chi connectivity index (χ0n) is 14.7. The van der Waals surface area contributed by atoms with Crippen LogP contribution in [0.3, 0.4) is 0 Å². The van der Waals surface area contributed by atoms with Gasteiger partial charge in [-0.05, 0) is 30.4 Å². The second kappa shape index (κ2) is 15.8. The molecule has 0 fully saturated rings. The Hall–Kier alpha value is -0.740. The highest BCUT2D eigenvalue weighted by Gasteiger charge is 2.00. The molecular formula is C16H29IN4O2S. The highest BCUT2D eigenvalue weighted by atomic mass is 127. The number of aromatic nitrogens is 1. The van der Waals surface area contributed by atoms with E-state index in [2.05, 4.69) is 26.9 Å². The molecule has 0 bridgehead atoms. The largest absolute Gasteiger partial charge is 0.475 e. The van der Waals surface area contributed by atoms with Gasteiger partial charge in [-0.1, -0.05) is 6.07 Å². The fourth-order valence-electron chi connectivity index (χ4n) is 1.82. The van der Waals surface area contributed by atoms with E-state index in [1.54, 1.807) is 20.4 Å². The summed E-state index contributed by atoms with van der Waals surface area (Å²) in [5, 5.41) is 6.60. The lowest BCUT2D eigenvalue weighted by molar-refractivity contribution is 0.143. The zero-order valence-corrected chi connectivity index (χ0v) is 17.9. The van der Waals surface area contributed by atoms with Gasteiger partial charge in [0.05, 0.1) is 6.61 Å². The van der Waals surface area contributed by atoms with E-state index in [0.29, 0.717) is 25.6 Å². The standard InChI is InChI=1S/C16H28N4O2S.HI/c1-17-16(18-8-4-5-11-23-3)20-13-14-6-7-15(19-12-14)22-10-9-21-2;/h6-7,12H,4-5,8-11,13H2,1-3H3,(H2,17,18,20);1H. The van der Waals surface area contributed by atoms with E-state index in [1.165, 1.54) is 12.2 Å². The Morgan fingerprint density at radius 1 is 1.25 bits per heavy atom. The molecule has 138 valence electrons. The normalized spacial score (nSPS) is 10.9. The Labute approximate surface area is 166 Å². The van der Waals surface area contributed by atoms with Crippen LogP contribution in [0.5, 0.6) is 5.88 Å². The first-order valence-corrected chi connectivity index (χ1v) is 9.19. The maximum atomic E-state index is 5.44. The third-order valence-corrected chi connectivity index (χ3v) is 3.78. The van der Waals surface area contributed by atoms with Crippen molar-refractivity contribution in [3.8, 4) is 5.88 Å². The molecular weight excluding hydrogens is 439 g/mol. The van der Waals surface area contributed by atoms with Gasteiger partial charge in [0.25, 0.3) is 0 Å². The van der Waals surface area contributed by atoms with E-state index < -0.39 is 0 Å². The lowest BCUT2D eigenvalue weighted by atomic mass is 10.3. The summed E-state index contributed by atoms with van der Waals surface area (Å²) in [4.78, 5) is 8.49. The smallest absolute Gasteiger partial charge is 0.213 e. The molecule has 1 aromatic heterocycles. The molecule has 8 heteroatoms. The van der Waals surface area contributed by atoms with Gasteiger partial charge < -0.3 is 20.1 Å². The van der Waals surface area contributed by atoms with Crippen molar-refractivity contribution >= 4 is 41.7 Å². The molecule has 6 nitrogen and oxygen atoms in total. The molecule has 0 atom stereocenters. The molecule has 0 unspecified atom stereocenters. The number of unbranched alkanes of at least 4 members (excludes halogenated alkanes) is 1. The van der Waals surface area contributed by atoms with E-state index in [0.717, 1.165) is 24.5 Å². The van der Waals surface area contributed by atoms with Gasteiger partial charge in [0.1, 0.15) is 6.61 Å². The minimum absolute atomic E-state index is 0. The monoisotopic (exact) mass is 468 g/mol. The highest BCUT2D eigenvalue weighted by molar-refractivity contribution is 14.0. The van der Waals surface area contributed by atoms with Gasteiger partial charge in [-0.2, -0.15) is 11.8 Å². The summed E-state index contributed by atoms with van der Waals surface area (Å²) < 4.78 is 10.4. The topological polar surface area (TPSA) is 67.8 Å². The number of ether oxygens (including phenoxy) is 2. The quantitative estimate of drug-likeness (QED) is 0.225. The van der Waals surface area contributed by atoms with Crippen molar-refractivity contribution in [2.75, 3.05) is 45.9 Å². The summed E-state index contributed by atoms with van der Waals surface area (Å²) in [6.45, 7) is 2.68. The van der Waals surface area contributed by atoms with Crippen LogP contribution in [0.15, 0.2) is 23.3 Å². The number of hydrogen-bond acceptors (Lipinski definition) is 5. The van der Waals surface area contributed by atoms with Crippen LogP contribution >= 0.6 is 35.7 Å². The molecule has 0 saturated heterocycles. The summed E-state index contributed by atoms with van der Waals surface area (Å²) in [5.74, 6) is 2.63. The molecule has 0 spiro atoms. The third kappa shape index (κ3) is 10.9. The first-order chi connectivity index (χ1) is 11.3. The first kappa shape index (κ1) is 23.3. The van der Waals surface area contributed by atoms with Crippen LogP contribution in [-0.4, -0.2) is 56.9 Å². The zero-order chi connectivity index (χ0) is 16.8. The maximum absolute atomic E-state index is 5.44. The van der Waals surface area contributed by atoms with E-state index in [-0.39, 0.29) is 24.0 Å². The number of hydrogen-bond donors (Lipinski definition) is 2. The van der Waals surface area contributed by atoms with E-state index >= 15 is 0 Å². The number of aliphatic imine (C=N–C) groups is 1. The summed E-state index contributed by atoms with van der Waals surface area (Å²) in [6, 6.07) is 3.86. The van der Waals surface area contributed by atoms with Crippen LogP contribution < -0.4 is 15.4 Å². The first-order valence-electron chi connectivity index (χ1n) is 7.80. The van der Waals surface area contributed by atoms with Crippen LogP contribution in [0.2, 0.25) is 0 Å². The Morgan fingerprint density at radius 2 is 2.08 bits per heavy atom. The van der Waals surface area contributed by atoms with Crippen molar-refractivity contribution in [1.82, 2.24) is 15.6 Å². The second-order valence-corrected chi connectivity index (χ2v) is 5.88.